The van der Waals surface area contributed by atoms with Gasteiger partial charge in [0.15, 0.2) is 0 Å². The Kier molecular flexibility index (Phi) is 5.36. The van der Waals surface area contributed by atoms with Crippen LogP contribution in [0.25, 0.3) is 11.0 Å². The van der Waals surface area contributed by atoms with Crippen LogP contribution in [0.15, 0.2) is 51.8 Å². The van der Waals surface area contributed by atoms with E-state index in [9.17, 15) is 13.2 Å². The summed E-state index contributed by atoms with van der Waals surface area (Å²) in [4.78, 5) is 15.1. The lowest BCUT2D eigenvalue weighted by atomic mass is 10.2. The molecular weight excluding hydrogens is 444 g/mol. The monoisotopic (exact) mass is 456 g/mol. The fourth-order valence-electron chi connectivity index (χ4n) is 2.68. The smallest absolute Gasteiger partial charge is 0.303 e. The second-order valence-corrected chi connectivity index (χ2v) is 8.73. The van der Waals surface area contributed by atoms with Crippen molar-refractivity contribution in [3.8, 4) is 0 Å². The van der Waals surface area contributed by atoms with Crippen LogP contribution < -0.4 is 0 Å². The summed E-state index contributed by atoms with van der Waals surface area (Å²) in [6, 6.07) is 11.1. The van der Waals surface area contributed by atoms with E-state index in [1.165, 1.54) is 22.2 Å². The van der Waals surface area contributed by atoms with Crippen molar-refractivity contribution in [1.29, 1.82) is 0 Å². The number of carboxylic acid groups (broad SMARTS) is 1. The van der Waals surface area contributed by atoms with Crippen molar-refractivity contribution >= 4 is 54.6 Å². The Labute approximate surface area is 163 Å². The van der Waals surface area contributed by atoms with Crippen LogP contribution in [-0.4, -0.2) is 28.5 Å². The molecule has 0 aliphatic rings. The van der Waals surface area contributed by atoms with E-state index in [0.29, 0.717) is 23.1 Å². The van der Waals surface area contributed by atoms with E-state index in [0.717, 1.165) is 4.47 Å². The van der Waals surface area contributed by atoms with E-state index >= 15 is 0 Å². The molecule has 0 unspecified atom stereocenters. The molecule has 0 saturated heterocycles. The first-order chi connectivity index (χ1) is 12.3. The number of hydrogen-bond acceptors (Lipinski definition) is 4. The summed E-state index contributed by atoms with van der Waals surface area (Å²) in [5.74, 6) is -0.926. The maximum Gasteiger partial charge on any atom is 0.303 e. The number of carboxylic acids is 1. The Bertz CT molecular complexity index is 1080. The highest BCUT2D eigenvalue weighted by molar-refractivity contribution is 9.10. The lowest BCUT2D eigenvalue weighted by molar-refractivity contribution is -0.137. The number of fused-ring (bicyclic) bond motifs is 1. The van der Waals surface area contributed by atoms with E-state index in [2.05, 4.69) is 20.9 Å². The van der Waals surface area contributed by atoms with Gasteiger partial charge in [0, 0.05) is 16.6 Å². The number of carbonyl (C=O) groups is 1. The van der Waals surface area contributed by atoms with Gasteiger partial charge in [0.25, 0.3) is 10.0 Å². The zero-order valence-electron chi connectivity index (χ0n) is 13.4. The van der Waals surface area contributed by atoms with Crippen LogP contribution in [0, 0.1) is 0 Å². The first kappa shape index (κ1) is 18.9. The highest BCUT2D eigenvalue weighted by atomic mass is 79.9. The molecule has 0 amide bonds. The van der Waals surface area contributed by atoms with Gasteiger partial charge in [0.2, 0.25) is 0 Å². The molecule has 2 heterocycles. The lowest BCUT2D eigenvalue weighted by Gasteiger charge is -2.12. The van der Waals surface area contributed by atoms with Crippen molar-refractivity contribution < 1.29 is 18.3 Å². The summed E-state index contributed by atoms with van der Waals surface area (Å²) in [5, 5.41) is 9.10. The first-order valence-electron chi connectivity index (χ1n) is 7.69. The predicted octanol–water partition coefficient (Wildman–Crippen LogP) is 4.10. The topological polar surface area (TPSA) is 89.3 Å². The predicted molar refractivity (Wildman–Crippen MR) is 102 cm³/mol. The zero-order valence-corrected chi connectivity index (χ0v) is 16.6. The van der Waals surface area contributed by atoms with E-state index < -0.39 is 16.0 Å². The molecule has 0 bridgehead atoms. The maximum absolute atomic E-state index is 13.2. The molecule has 2 aromatic heterocycles. The molecule has 1 N–H and O–H groups in total. The molecule has 3 aromatic rings. The molecule has 0 aliphatic heterocycles. The first-order valence-corrected chi connectivity index (χ1v) is 10.3. The van der Waals surface area contributed by atoms with Gasteiger partial charge in [-0.25, -0.2) is 17.4 Å². The van der Waals surface area contributed by atoms with Crippen molar-refractivity contribution in [3.63, 3.8) is 0 Å². The van der Waals surface area contributed by atoms with Crippen LogP contribution in [0.2, 0.25) is 5.15 Å². The van der Waals surface area contributed by atoms with Crippen LogP contribution >= 0.6 is 27.5 Å². The number of aryl methyl sites for hydroxylation is 1. The number of aliphatic carboxylic acids is 1. The molecular formula is C17H14BrClN2O4S. The van der Waals surface area contributed by atoms with E-state index in [1.807, 2.05) is 0 Å². The molecule has 0 atom stereocenters. The Morgan fingerprint density at radius 3 is 2.54 bits per heavy atom. The third-order valence-electron chi connectivity index (χ3n) is 3.83. The summed E-state index contributed by atoms with van der Waals surface area (Å²) in [6.07, 6.45) is 0.555. The average molecular weight is 458 g/mol. The number of rotatable bonds is 6. The zero-order chi connectivity index (χ0) is 18.9. The van der Waals surface area contributed by atoms with Crippen molar-refractivity contribution in [2.75, 3.05) is 0 Å². The molecule has 26 heavy (non-hydrogen) atoms. The quantitative estimate of drug-likeness (QED) is 0.563. The number of nitrogens with zero attached hydrogens (tertiary/aromatic N) is 2. The fraction of sp³-hybridized carbons (Fsp3) is 0.176. The molecule has 3 rings (SSSR count). The second-order valence-electron chi connectivity index (χ2n) is 5.64. The van der Waals surface area contributed by atoms with Crippen molar-refractivity contribution in [3.05, 3.63) is 57.8 Å². The minimum absolute atomic E-state index is 0.0476. The Balaban J connectivity index is 2.15. The van der Waals surface area contributed by atoms with Crippen molar-refractivity contribution in [1.82, 2.24) is 8.96 Å². The number of halogens is 2. The second kappa shape index (κ2) is 7.38. The van der Waals surface area contributed by atoms with Crippen LogP contribution in [-0.2, 0) is 21.2 Å². The number of hydrogen-bond donors (Lipinski definition) is 1. The molecule has 0 aliphatic carbocycles. The van der Waals surface area contributed by atoms with Gasteiger partial charge in [-0.05, 0) is 55.3 Å². The summed E-state index contributed by atoms with van der Waals surface area (Å²) < 4.78 is 28.4. The fourth-order valence-corrected chi connectivity index (χ4v) is 4.66. The average Bonchev–Trinajstić information content (AvgIpc) is 2.92. The minimum Gasteiger partial charge on any atom is -0.481 e. The highest BCUT2D eigenvalue weighted by Crippen LogP contribution is 2.27. The largest absolute Gasteiger partial charge is 0.481 e. The van der Waals surface area contributed by atoms with Crippen LogP contribution in [0.1, 0.15) is 18.5 Å². The third-order valence-corrected chi connectivity index (χ3v) is 6.35. The van der Waals surface area contributed by atoms with Gasteiger partial charge in [-0.2, -0.15) is 0 Å². The summed E-state index contributed by atoms with van der Waals surface area (Å²) >= 11 is 9.21. The molecule has 0 saturated carbocycles. The van der Waals surface area contributed by atoms with Crippen LogP contribution in [0.5, 0.6) is 0 Å². The van der Waals surface area contributed by atoms with Gasteiger partial charge in [0.1, 0.15) is 5.15 Å². The highest BCUT2D eigenvalue weighted by Gasteiger charge is 2.23. The molecule has 136 valence electrons. The van der Waals surface area contributed by atoms with E-state index in [-0.39, 0.29) is 22.9 Å². The molecule has 9 heteroatoms. The van der Waals surface area contributed by atoms with Gasteiger partial charge in [0.05, 0.1) is 15.9 Å². The molecule has 0 radical (unpaired) electrons. The molecule has 0 fully saturated rings. The third kappa shape index (κ3) is 3.77. The Morgan fingerprint density at radius 2 is 1.88 bits per heavy atom. The minimum atomic E-state index is -3.87. The SMILES string of the molecule is O=C(O)CCCc1cc2nc(Cl)ccc2n1S(=O)(=O)c1ccc(Br)cc1. The van der Waals surface area contributed by atoms with Crippen LogP contribution in [0.4, 0.5) is 0 Å². The summed E-state index contributed by atoms with van der Waals surface area (Å²) in [6.45, 7) is 0. The maximum atomic E-state index is 13.2. The van der Waals surface area contributed by atoms with Gasteiger partial charge >= 0.3 is 5.97 Å². The van der Waals surface area contributed by atoms with Gasteiger partial charge in [-0.15, -0.1) is 0 Å². The number of pyridine rings is 1. The summed E-state index contributed by atoms with van der Waals surface area (Å²) in [7, 11) is -3.87. The van der Waals surface area contributed by atoms with Gasteiger partial charge < -0.3 is 5.11 Å². The van der Waals surface area contributed by atoms with E-state index in [1.54, 1.807) is 24.3 Å². The van der Waals surface area contributed by atoms with Gasteiger partial charge in [-0.3, -0.25) is 4.79 Å². The molecule has 0 spiro atoms. The Hall–Kier alpha value is -1.90. The number of benzene rings is 1. The number of aromatic nitrogens is 2. The van der Waals surface area contributed by atoms with Crippen molar-refractivity contribution in [2.24, 2.45) is 0 Å². The lowest BCUT2D eigenvalue weighted by Crippen LogP contribution is -2.16. The molecule has 6 nitrogen and oxygen atoms in total. The van der Waals surface area contributed by atoms with E-state index in [4.69, 9.17) is 16.7 Å². The Morgan fingerprint density at radius 1 is 1.19 bits per heavy atom. The van der Waals surface area contributed by atoms with Crippen LogP contribution in [0.3, 0.4) is 0 Å². The standard InChI is InChI=1S/C17H14BrClN2O4S/c18-11-4-6-13(7-5-11)26(24,25)21-12(2-1-3-17(22)23)10-14-15(21)8-9-16(19)20-14/h4-10H,1-3H2,(H,22,23). The normalized spacial score (nSPS) is 11.8. The van der Waals surface area contributed by atoms with Crippen molar-refractivity contribution in [2.45, 2.75) is 24.2 Å². The van der Waals surface area contributed by atoms with Gasteiger partial charge in [-0.1, -0.05) is 27.5 Å². The summed E-state index contributed by atoms with van der Waals surface area (Å²) in [5.41, 5.74) is 1.32. The molecule has 1 aromatic carbocycles.